The molecule has 0 radical (unpaired) electrons. The molecule has 2 N–H and O–H groups in total. The van der Waals surface area contributed by atoms with Crippen molar-refractivity contribution in [1.29, 1.82) is 0 Å². The number of hydrogen-bond acceptors (Lipinski definition) is 4. The minimum Gasteiger partial charge on any atom is -0.403 e. The van der Waals surface area contributed by atoms with Crippen molar-refractivity contribution in [2.45, 2.75) is 61.6 Å². The van der Waals surface area contributed by atoms with Gasteiger partial charge in [-0.25, -0.2) is 8.78 Å². The molecule has 5 rings (SSSR count). The van der Waals surface area contributed by atoms with Crippen molar-refractivity contribution in [2.75, 3.05) is 0 Å². The second-order valence-electron chi connectivity index (χ2n) is 11.2. The number of hydrogen-bond donors (Lipinski definition) is 1. The Kier molecular flexibility index (Phi) is 8.32. The van der Waals surface area contributed by atoms with Crippen LogP contribution in [0.15, 0.2) is 76.6 Å². The third-order valence-electron chi connectivity index (χ3n) is 7.85. The smallest absolute Gasteiger partial charge is 0.403 e. The molecule has 1 aliphatic heterocycles. The maximum absolute atomic E-state index is 15.7. The third kappa shape index (κ3) is 6.07. The van der Waals surface area contributed by atoms with Crippen molar-refractivity contribution < 1.29 is 39.9 Å². The van der Waals surface area contributed by atoms with E-state index in [1.54, 1.807) is 44.2 Å². The molecule has 0 saturated carbocycles. The summed E-state index contributed by atoms with van der Waals surface area (Å²) in [6.45, 7) is 4.90. The third-order valence-corrected chi connectivity index (χ3v) is 9.25. The van der Waals surface area contributed by atoms with E-state index in [9.17, 15) is 31.1 Å². The Balaban J connectivity index is 1.84. The number of fused-ring (bicyclic) bond motifs is 1. The maximum atomic E-state index is 15.7. The van der Waals surface area contributed by atoms with Crippen LogP contribution in [0.4, 0.5) is 35.1 Å². The maximum Gasteiger partial charge on any atom is 0.573 e. The van der Waals surface area contributed by atoms with E-state index in [0.29, 0.717) is 5.56 Å². The van der Waals surface area contributed by atoms with Crippen molar-refractivity contribution in [3.8, 4) is 16.9 Å². The predicted molar refractivity (Wildman–Crippen MR) is 154 cm³/mol. The second-order valence-corrected chi connectivity index (χ2v) is 12.8. The van der Waals surface area contributed by atoms with Crippen LogP contribution < -0.4 is 16.0 Å². The molecule has 4 aromatic rings. The van der Waals surface area contributed by atoms with Gasteiger partial charge in [-0.1, -0.05) is 60.3 Å². The van der Waals surface area contributed by atoms with E-state index >= 15 is 8.78 Å². The fraction of sp³-hybridized carbons (Fsp3) is 0.281. The van der Waals surface area contributed by atoms with Gasteiger partial charge in [0.15, 0.2) is 11.6 Å². The zero-order valence-corrected chi connectivity index (χ0v) is 24.8. The SMILES string of the molecule is Cc1c(Cc2c(F)cccc2C(F)(F)F)c2n(c(=O)c1-c1cccc(OC(F)(F)F)c1F)[C@@H](C(N)c1ccccc1)C(C)(C)S2. The number of pyridine rings is 1. The molecular weight excluding hydrogens is 628 g/mol. The zero-order chi connectivity index (χ0) is 33.1. The lowest BCUT2D eigenvalue weighted by atomic mass is 9.88. The molecule has 1 aromatic heterocycles. The van der Waals surface area contributed by atoms with Gasteiger partial charge in [-0.05, 0) is 55.7 Å². The van der Waals surface area contributed by atoms with Gasteiger partial charge in [0.1, 0.15) is 5.82 Å². The molecule has 2 atom stereocenters. The van der Waals surface area contributed by atoms with Crippen molar-refractivity contribution in [3.05, 3.63) is 117 Å². The molecule has 0 fully saturated rings. The minimum atomic E-state index is -5.25. The molecule has 13 heteroatoms. The van der Waals surface area contributed by atoms with E-state index in [2.05, 4.69) is 4.74 Å². The Morgan fingerprint density at radius 2 is 1.58 bits per heavy atom. The summed E-state index contributed by atoms with van der Waals surface area (Å²) in [5.74, 6) is -3.86. The highest BCUT2D eigenvalue weighted by Crippen LogP contribution is 2.54. The summed E-state index contributed by atoms with van der Waals surface area (Å²) in [4.78, 5) is 14.4. The summed E-state index contributed by atoms with van der Waals surface area (Å²) in [5, 5.41) is 0.196. The van der Waals surface area contributed by atoms with E-state index < -0.39 is 81.0 Å². The van der Waals surface area contributed by atoms with E-state index in [-0.39, 0.29) is 16.2 Å². The van der Waals surface area contributed by atoms with Crippen LogP contribution in [-0.4, -0.2) is 15.7 Å². The van der Waals surface area contributed by atoms with Crippen LogP contribution >= 0.6 is 11.8 Å². The molecular formula is C32H26F8N2O2S. The average Bonchev–Trinajstić information content (AvgIpc) is 3.23. The van der Waals surface area contributed by atoms with E-state index in [1.165, 1.54) is 11.5 Å². The Hall–Kier alpha value is -3.84. The van der Waals surface area contributed by atoms with Gasteiger partial charge in [0.05, 0.1) is 28.2 Å². The fourth-order valence-electron chi connectivity index (χ4n) is 5.88. The Labute approximate surface area is 256 Å². The molecule has 45 heavy (non-hydrogen) atoms. The predicted octanol–water partition coefficient (Wildman–Crippen LogP) is 8.74. The summed E-state index contributed by atoms with van der Waals surface area (Å²) >= 11 is 1.15. The first-order valence-corrected chi connectivity index (χ1v) is 14.4. The monoisotopic (exact) mass is 654 g/mol. The standard InChI is InChI=1S/C32H26F8N2O2S/c1-16-19(15-20-21(31(35,36)37)12-8-13-22(20)33)29-42(27(30(2,3)45-29)26(41)17-9-5-4-6-10-17)28(43)24(16)18-11-7-14-23(25(18)34)44-32(38,39)40/h4-14,26-27H,15,41H2,1-3H3/t26?,27-/m0/s1. The van der Waals surface area contributed by atoms with Crippen LogP contribution in [0.5, 0.6) is 5.75 Å². The second kappa shape index (κ2) is 11.5. The molecule has 3 aromatic carbocycles. The van der Waals surface area contributed by atoms with Crippen LogP contribution in [0.3, 0.4) is 0 Å². The highest BCUT2D eigenvalue weighted by molar-refractivity contribution is 8.00. The summed E-state index contributed by atoms with van der Waals surface area (Å²) in [6, 6.07) is 12.4. The van der Waals surface area contributed by atoms with Crippen molar-refractivity contribution in [1.82, 2.24) is 4.57 Å². The van der Waals surface area contributed by atoms with Gasteiger partial charge < -0.3 is 10.5 Å². The van der Waals surface area contributed by atoms with Gasteiger partial charge in [-0.2, -0.15) is 13.2 Å². The Morgan fingerprint density at radius 1 is 0.933 bits per heavy atom. The van der Waals surface area contributed by atoms with Crippen LogP contribution in [0.1, 0.15) is 53.7 Å². The van der Waals surface area contributed by atoms with Crippen LogP contribution in [0.25, 0.3) is 11.1 Å². The number of nitrogens with zero attached hydrogens (tertiary/aromatic N) is 1. The number of halogens is 8. The fourth-order valence-corrected chi connectivity index (χ4v) is 7.39. The van der Waals surface area contributed by atoms with Crippen LogP contribution in [-0.2, 0) is 12.6 Å². The van der Waals surface area contributed by atoms with Gasteiger partial charge in [-0.15, -0.1) is 13.2 Å². The molecule has 1 unspecified atom stereocenters. The molecule has 0 saturated heterocycles. The number of thioether (sulfide) groups is 1. The largest absolute Gasteiger partial charge is 0.573 e. The first-order valence-electron chi connectivity index (χ1n) is 13.6. The number of rotatable bonds is 6. The summed E-state index contributed by atoms with van der Waals surface area (Å²) in [6.07, 6.45) is -10.8. The first-order chi connectivity index (χ1) is 20.9. The molecule has 238 valence electrons. The topological polar surface area (TPSA) is 57.2 Å². The van der Waals surface area contributed by atoms with Crippen molar-refractivity contribution >= 4 is 11.8 Å². The number of aromatic nitrogens is 1. The summed E-state index contributed by atoms with van der Waals surface area (Å²) < 4.78 is 116. The Morgan fingerprint density at radius 3 is 2.20 bits per heavy atom. The normalized spacial score (nSPS) is 16.8. The quantitative estimate of drug-likeness (QED) is 0.211. The molecule has 4 nitrogen and oxygen atoms in total. The number of ether oxygens (including phenoxy) is 1. The molecule has 0 bridgehead atoms. The van der Waals surface area contributed by atoms with E-state index in [1.807, 2.05) is 0 Å². The van der Waals surface area contributed by atoms with Crippen LogP contribution in [0.2, 0.25) is 0 Å². The van der Waals surface area contributed by atoms with Gasteiger partial charge in [0.2, 0.25) is 0 Å². The number of nitrogens with two attached hydrogens (primary N) is 1. The molecule has 1 aliphatic rings. The van der Waals surface area contributed by atoms with Gasteiger partial charge in [-0.3, -0.25) is 9.36 Å². The molecule has 0 amide bonds. The lowest BCUT2D eigenvalue weighted by Crippen LogP contribution is -2.39. The molecule has 0 aliphatic carbocycles. The van der Waals surface area contributed by atoms with E-state index in [4.69, 9.17) is 5.73 Å². The lowest BCUT2D eigenvalue weighted by molar-refractivity contribution is -0.275. The average molecular weight is 655 g/mol. The lowest BCUT2D eigenvalue weighted by Gasteiger charge is -2.32. The number of benzene rings is 3. The summed E-state index contributed by atoms with van der Waals surface area (Å²) in [7, 11) is 0. The Bertz CT molecular complexity index is 1820. The van der Waals surface area contributed by atoms with Gasteiger partial charge in [0, 0.05) is 22.3 Å². The van der Waals surface area contributed by atoms with Gasteiger partial charge >= 0.3 is 12.5 Å². The number of alkyl halides is 6. The molecule has 0 spiro atoms. The highest BCUT2D eigenvalue weighted by Gasteiger charge is 2.47. The highest BCUT2D eigenvalue weighted by atomic mass is 32.2. The van der Waals surface area contributed by atoms with Crippen molar-refractivity contribution in [3.63, 3.8) is 0 Å². The van der Waals surface area contributed by atoms with Crippen molar-refractivity contribution in [2.24, 2.45) is 5.73 Å². The summed E-state index contributed by atoms with van der Waals surface area (Å²) in [5.41, 5.74) is 3.65. The first kappa shape index (κ1) is 32.6. The zero-order valence-electron chi connectivity index (χ0n) is 24.0. The van der Waals surface area contributed by atoms with Gasteiger partial charge in [0.25, 0.3) is 5.56 Å². The molecule has 2 heterocycles. The van der Waals surface area contributed by atoms with Crippen LogP contribution in [0, 0.1) is 18.6 Å². The minimum absolute atomic E-state index is 0.0251. The van der Waals surface area contributed by atoms with E-state index in [0.717, 1.165) is 48.2 Å².